The fourth-order valence-corrected chi connectivity index (χ4v) is 2.89. The summed E-state index contributed by atoms with van der Waals surface area (Å²) in [6.45, 7) is 4.40. The molecule has 2 aromatic rings. The highest BCUT2D eigenvalue weighted by atomic mass is 32.2. The van der Waals surface area contributed by atoms with E-state index in [1.54, 1.807) is 18.4 Å². The number of hydrogen-bond donors (Lipinski definition) is 3. The van der Waals surface area contributed by atoms with Gasteiger partial charge in [0.2, 0.25) is 0 Å². The molecule has 0 saturated carbocycles. The maximum absolute atomic E-state index is 13.6. The molecule has 0 unspecified atom stereocenters. The number of anilines is 3. The van der Waals surface area contributed by atoms with Crippen LogP contribution in [-0.4, -0.2) is 23.8 Å². The third-order valence-corrected chi connectivity index (χ3v) is 4.80. The zero-order valence-electron chi connectivity index (χ0n) is 15.2. The van der Waals surface area contributed by atoms with E-state index < -0.39 is 11.7 Å². The van der Waals surface area contributed by atoms with Crippen LogP contribution in [0.15, 0.2) is 35.4 Å². The van der Waals surface area contributed by atoms with Gasteiger partial charge in [-0.3, -0.25) is 0 Å². The first-order valence-corrected chi connectivity index (χ1v) is 9.51. The molecule has 4 nitrogen and oxygen atoms in total. The number of nitrogen functional groups attached to an aromatic ring is 1. The number of hydrogen-bond acceptors (Lipinski definition) is 5. The highest BCUT2D eigenvalue weighted by Gasteiger charge is 2.31. The quantitative estimate of drug-likeness (QED) is 0.445. The Morgan fingerprint density at radius 2 is 1.93 bits per heavy atom. The minimum absolute atomic E-state index is 0.0677. The second-order valence-corrected chi connectivity index (χ2v) is 7.23. The first-order chi connectivity index (χ1) is 12.6. The lowest BCUT2D eigenvalue weighted by atomic mass is 10.0. The number of aromatic nitrogens is 1. The summed E-state index contributed by atoms with van der Waals surface area (Å²) in [4.78, 5) is 4.35. The Morgan fingerprint density at radius 1 is 1.22 bits per heavy atom. The lowest BCUT2D eigenvalue weighted by Gasteiger charge is -2.25. The number of rotatable bonds is 7. The minimum atomic E-state index is -4.49. The SMILES string of the molecule is CSc1cc(NC[C@H](Nc2ncc(C(F)(F)F)cc2N)C(C)C)ccc1F. The average molecular weight is 402 g/mol. The summed E-state index contributed by atoms with van der Waals surface area (Å²) in [6, 6.07) is 5.45. The number of benzene rings is 1. The lowest BCUT2D eigenvalue weighted by molar-refractivity contribution is -0.137. The van der Waals surface area contributed by atoms with Gasteiger partial charge >= 0.3 is 6.18 Å². The van der Waals surface area contributed by atoms with E-state index in [9.17, 15) is 17.6 Å². The third kappa shape index (κ3) is 5.66. The maximum atomic E-state index is 13.6. The van der Waals surface area contributed by atoms with Crippen LogP contribution in [0.5, 0.6) is 0 Å². The minimum Gasteiger partial charge on any atom is -0.396 e. The van der Waals surface area contributed by atoms with E-state index in [-0.39, 0.29) is 29.3 Å². The van der Waals surface area contributed by atoms with Gasteiger partial charge in [-0.15, -0.1) is 11.8 Å². The van der Waals surface area contributed by atoms with Gasteiger partial charge in [-0.1, -0.05) is 13.8 Å². The molecule has 0 saturated heterocycles. The van der Waals surface area contributed by atoms with Gasteiger partial charge in [0.05, 0.1) is 11.3 Å². The van der Waals surface area contributed by atoms with Crippen LogP contribution in [0.3, 0.4) is 0 Å². The summed E-state index contributed by atoms with van der Waals surface area (Å²) < 4.78 is 51.8. The second kappa shape index (κ2) is 8.69. The normalized spacial score (nSPS) is 12.9. The van der Waals surface area contributed by atoms with Crippen molar-refractivity contribution in [1.82, 2.24) is 4.98 Å². The van der Waals surface area contributed by atoms with Crippen molar-refractivity contribution >= 4 is 29.0 Å². The lowest BCUT2D eigenvalue weighted by Crippen LogP contribution is -2.34. The molecule has 4 N–H and O–H groups in total. The molecule has 1 heterocycles. The molecule has 0 aliphatic heterocycles. The number of nitrogens with zero attached hydrogens (tertiary/aromatic N) is 1. The van der Waals surface area contributed by atoms with E-state index in [2.05, 4.69) is 15.6 Å². The van der Waals surface area contributed by atoms with Crippen LogP contribution in [0.4, 0.5) is 34.8 Å². The van der Waals surface area contributed by atoms with Crippen LogP contribution >= 0.6 is 11.8 Å². The topological polar surface area (TPSA) is 63.0 Å². The highest BCUT2D eigenvalue weighted by molar-refractivity contribution is 7.98. The predicted molar refractivity (Wildman–Crippen MR) is 103 cm³/mol. The average Bonchev–Trinajstić information content (AvgIpc) is 2.59. The number of nitrogens with two attached hydrogens (primary N) is 1. The van der Waals surface area contributed by atoms with Crippen LogP contribution < -0.4 is 16.4 Å². The van der Waals surface area contributed by atoms with Crippen molar-refractivity contribution in [2.24, 2.45) is 5.92 Å². The summed E-state index contributed by atoms with van der Waals surface area (Å²) in [6.07, 6.45) is -1.94. The van der Waals surface area contributed by atoms with Gasteiger partial charge in [0.1, 0.15) is 11.6 Å². The zero-order valence-corrected chi connectivity index (χ0v) is 16.0. The molecule has 0 bridgehead atoms. The Hall–Kier alpha value is -2.16. The molecule has 0 fully saturated rings. The molecular weight excluding hydrogens is 380 g/mol. The van der Waals surface area contributed by atoms with Crippen molar-refractivity contribution in [3.63, 3.8) is 0 Å². The molecule has 0 aliphatic carbocycles. The van der Waals surface area contributed by atoms with Crippen LogP contribution in [0.1, 0.15) is 19.4 Å². The van der Waals surface area contributed by atoms with E-state index >= 15 is 0 Å². The van der Waals surface area contributed by atoms with Gasteiger partial charge in [0.15, 0.2) is 0 Å². The van der Waals surface area contributed by atoms with Crippen molar-refractivity contribution in [2.45, 2.75) is 31.0 Å². The summed E-state index contributed by atoms with van der Waals surface area (Å²) in [5, 5.41) is 6.30. The fraction of sp³-hybridized carbons (Fsp3) is 0.389. The standard InChI is InChI=1S/C18H22F4N4S/c1-10(2)15(9-24-12-4-5-13(19)16(7-12)27-3)26-17-14(23)6-11(8-25-17)18(20,21)22/h4-8,10,15,24H,9,23H2,1-3H3,(H,25,26)/t15-/m0/s1. The monoisotopic (exact) mass is 402 g/mol. The molecule has 9 heteroatoms. The summed E-state index contributed by atoms with van der Waals surface area (Å²) >= 11 is 1.31. The highest BCUT2D eigenvalue weighted by Crippen LogP contribution is 2.32. The Balaban J connectivity index is 2.10. The fourth-order valence-electron chi connectivity index (χ4n) is 2.38. The predicted octanol–water partition coefficient (Wildman–Crippen LogP) is 5.09. The van der Waals surface area contributed by atoms with Gasteiger partial charge in [0, 0.05) is 29.4 Å². The zero-order chi connectivity index (χ0) is 20.2. The van der Waals surface area contributed by atoms with Crippen LogP contribution in [0, 0.1) is 11.7 Å². The van der Waals surface area contributed by atoms with E-state index in [4.69, 9.17) is 5.73 Å². The van der Waals surface area contributed by atoms with Crippen molar-refractivity contribution in [3.8, 4) is 0 Å². The molecule has 1 aromatic heterocycles. The summed E-state index contributed by atoms with van der Waals surface area (Å²) in [5.74, 6) is 0.0576. The van der Waals surface area contributed by atoms with Gasteiger partial charge in [0.25, 0.3) is 0 Å². The molecule has 0 radical (unpaired) electrons. The Labute approximate surface area is 159 Å². The molecule has 1 atom stereocenters. The number of pyridine rings is 1. The second-order valence-electron chi connectivity index (χ2n) is 6.38. The van der Waals surface area contributed by atoms with E-state index in [0.29, 0.717) is 11.4 Å². The number of nitrogens with one attached hydrogen (secondary N) is 2. The third-order valence-electron chi connectivity index (χ3n) is 4.05. The smallest absolute Gasteiger partial charge is 0.396 e. The summed E-state index contributed by atoms with van der Waals surface area (Å²) in [5.41, 5.74) is 5.53. The van der Waals surface area contributed by atoms with Crippen LogP contribution in [0.2, 0.25) is 0 Å². The van der Waals surface area contributed by atoms with Crippen molar-refractivity contribution < 1.29 is 17.6 Å². The van der Waals surface area contributed by atoms with E-state index in [1.165, 1.54) is 17.8 Å². The molecule has 0 spiro atoms. The largest absolute Gasteiger partial charge is 0.417 e. The van der Waals surface area contributed by atoms with Gasteiger partial charge < -0.3 is 16.4 Å². The van der Waals surface area contributed by atoms with Crippen molar-refractivity contribution in [3.05, 3.63) is 41.8 Å². The molecule has 0 aliphatic rings. The number of halogens is 4. The number of alkyl halides is 3. The first-order valence-electron chi connectivity index (χ1n) is 8.28. The van der Waals surface area contributed by atoms with Crippen molar-refractivity contribution in [2.75, 3.05) is 29.2 Å². The Kier molecular flexibility index (Phi) is 6.80. The van der Waals surface area contributed by atoms with E-state index in [0.717, 1.165) is 18.0 Å². The molecule has 0 amide bonds. The maximum Gasteiger partial charge on any atom is 0.417 e. The van der Waals surface area contributed by atoms with Gasteiger partial charge in [-0.2, -0.15) is 13.2 Å². The molecular formula is C18H22F4N4S. The molecule has 2 rings (SSSR count). The van der Waals surface area contributed by atoms with Crippen LogP contribution in [0.25, 0.3) is 0 Å². The van der Waals surface area contributed by atoms with Gasteiger partial charge in [-0.25, -0.2) is 9.37 Å². The van der Waals surface area contributed by atoms with Gasteiger partial charge in [-0.05, 0) is 36.4 Å². The Bertz CT molecular complexity index is 780. The first kappa shape index (κ1) is 21.1. The van der Waals surface area contributed by atoms with E-state index in [1.807, 2.05) is 13.8 Å². The van der Waals surface area contributed by atoms with Crippen LogP contribution in [-0.2, 0) is 6.18 Å². The molecule has 27 heavy (non-hydrogen) atoms. The molecule has 148 valence electrons. The number of thioether (sulfide) groups is 1. The van der Waals surface area contributed by atoms with Crippen molar-refractivity contribution in [1.29, 1.82) is 0 Å². The Morgan fingerprint density at radius 3 is 2.48 bits per heavy atom. The summed E-state index contributed by atoms with van der Waals surface area (Å²) in [7, 11) is 0. The molecule has 1 aromatic carbocycles.